The van der Waals surface area contributed by atoms with Crippen LogP contribution in [0.2, 0.25) is 0 Å². The Balaban J connectivity index is 2.04. The Hall–Kier alpha value is -0.530. The maximum absolute atomic E-state index is 5.01. The van der Waals surface area contributed by atoms with Gasteiger partial charge in [0.05, 0.1) is 0 Å². The van der Waals surface area contributed by atoms with E-state index >= 15 is 0 Å². The van der Waals surface area contributed by atoms with Gasteiger partial charge in [-0.2, -0.15) is 5.10 Å². The largest absolute Gasteiger partial charge is 0.324 e. The standard InChI is InChI=1S/C9H18N2/c10-11-8-4-7-9-5-2-1-3-6-9/h8-9H,1-7,10H2/b11-8+. The van der Waals surface area contributed by atoms with Gasteiger partial charge in [0.25, 0.3) is 0 Å². The molecule has 1 fully saturated rings. The lowest BCUT2D eigenvalue weighted by molar-refractivity contribution is 0.344. The number of nitrogens with zero attached hydrogens (tertiary/aromatic N) is 1. The van der Waals surface area contributed by atoms with Crippen LogP contribution in [0.5, 0.6) is 0 Å². The topological polar surface area (TPSA) is 38.4 Å². The van der Waals surface area contributed by atoms with Crippen LogP contribution in [0, 0.1) is 5.92 Å². The maximum atomic E-state index is 5.01. The van der Waals surface area contributed by atoms with Crippen molar-refractivity contribution in [2.75, 3.05) is 0 Å². The first-order valence-corrected chi connectivity index (χ1v) is 4.65. The van der Waals surface area contributed by atoms with Gasteiger partial charge >= 0.3 is 0 Å². The Morgan fingerprint density at radius 3 is 2.64 bits per heavy atom. The van der Waals surface area contributed by atoms with Crippen LogP contribution in [0.25, 0.3) is 0 Å². The van der Waals surface area contributed by atoms with E-state index in [4.69, 9.17) is 5.84 Å². The smallest absolute Gasteiger partial charge is 0.0240 e. The predicted molar refractivity (Wildman–Crippen MR) is 48.5 cm³/mol. The molecule has 0 aromatic rings. The fourth-order valence-corrected chi connectivity index (χ4v) is 1.86. The van der Waals surface area contributed by atoms with Gasteiger partial charge in [-0.1, -0.05) is 32.1 Å². The van der Waals surface area contributed by atoms with Crippen molar-refractivity contribution in [3.05, 3.63) is 0 Å². The first kappa shape index (κ1) is 8.57. The molecule has 1 aliphatic carbocycles. The molecule has 2 N–H and O–H groups in total. The van der Waals surface area contributed by atoms with Crippen LogP contribution in [0.3, 0.4) is 0 Å². The van der Waals surface area contributed by atoms with Crippen LogP contribution in [0.15, 0.2) is 5.10 Å². The third kappa shape index (κ3) is 3.40. The van der Waals surface area contributed by atoms with Gasteiger partial charge in [0.2, 0.25) is 0 Å². The van der Waals surface area contributed by atoms with Gasteiger partial charge < -0.3 is 5.84 Å². The second-order valence-electron chi connectivity index (χ2n) is 3.41. The molecule has 64 valence electrons. The lowest BCUT2D eigenvalue weighted by atomic mass is 9.86. The normalized spacial score (nSPS) is 21.1. The van der Waals surface area contributed by atoms with E-state index in [0.29, 0.717) is 0 Å². The minimum atomic E-state index is 0.960. The molecule has 0 aromatic carbocycles. The number of nitrogens with two attached hydrogens (primary N) is 1. The molecule has 2 nitrogen and oxygen atoms in total. The highest BCUT2D eigenvalue weighted by molar-refractivity contribution is 5.56. The Labute approximate surface area is 68.9 Å². The molecule has 0 saturated heterocycles. The zero-order valence-electron chi connectivity index (χ0n) is 7.13. The summed E-state index contributed by atoms with van der Waals surface area (Å²) >= 11 is 0. The monoisotopic (exact) mass is 154 g/mol. The van der Waals surface area contributed by atoms with Crippen LogP contribution in [-0.4, -0.2) is 6.21 Å². The van der Waals surface area contributed by atoms with Crippen molar-refractivity contribution in [1.82, 2.24) is 0 Å². The average molecular weight is 154 g/mol. The molecule has 0 amide bonds. The van der Waals surface area contributed by atoms with E-state index in [1.54, 1.807) is 0 Å². The fraction of sp³-hybridized carbons (Fsp3) is 0.889. The molecule has 0 aromatic heterocycles. The summed E-state index contributed by atoms with van der Waals surface area (Å²) in [5.74, 6) is 5.97. The molecule has 0 radical (unpaired) electrons. The molecule has 1 rings (SSSR count). The lowest BCUT2D eigenvalue weighted by Crippen LogP contribution is -2.06. The van der Waals surface area contributed by atoms with Gasteiger partial charge in [-0.3, -0.25) is 0 Å². The van der Waals surface area contributed by atoms with Crippen LogP contribution < -0.4 is 5.84 Å². The lowest BCUT2D eigenvalue weighted by Gasteiger charge is -2.20. The molecule has 0 bridgehead atoms. The highest BCUT2D eigenvalue weighted by atomic mass is 15.1. The predicted octanol–water partition coefficient (Wildman–Crippen LogP) is 2.29. The van der Waals surface area contributed by atoms with E-state index in [0.717, 1.165) is 12.3 Å². The summed E-state index contributed by atoms with van der Waals surface area (Å²) in [6.07, 6.45) is 11.4. The Morgan fingerprint density at radius 1 is 1.27 bits per heavy atom. The summed E-state index contributed by atoms with van der Waals surface area (Å²) in [5.41, 5.74) is 0. The number of hydrogen-bond donors (Lipinski definition) is 1. The fourth-order valence-electron chi connectivity index (χ4n) is 1.86. The van der Waals surface area contributed by atoms with E-state index < -0.39 is 0 Å². The first-order chi connectivity index (χ1) is 5.43. The molecular formula is C9H18N2. The highest BCUT2D eigenvalue weighted by Crippen LogP contribution is 2.26. The van der Waals surface area contributed by atoms with Gasteiger partial charge in [-0.05, 0) is 18.8 Å². The summed E-state index contributed by atoms with van der Waals surface area (Å²) in [5, 5.41) is 3.50. The Morgan fingerprint density at radius 2 is 2.00 bits per heavy atom. The summed E-state index contributed by atoms with van der Waals surface area (Å²) in [6.45, 7) is 0. The second kappa shape index (κ2) is 5.16. The molecule has 0 heterocycles. The van der Waals surface area contributed by atoms with Gasteiger partial charge in [-0.15, -0.1) is 0 Å². The van der Waals surface area contributed by atoms with Gasteiger partial charge in [0, 0.05) is 6.21 Å². The van der Waals surface area contributed by atoms with Crippen molar-refractivity contribution in [3.63, 3.8) is 0 Å². The SMILES string of the molecule is N/N=C/CCC1CCCCC1. The van der Waals surface area contributed by atoms with Crippen molar-refractivity contribution in [3.8, 4) is 0 Å². The third-order valence-corrected chi connectivity index (χ3v) is 2.53. The van der Waals surface area contributed by atoms with E-state index in [2.05, 4.69) is 5.10 Å². The van der Waals surface area contributed by atoms with Crippen molar-refractivity contribution in [2.24, 2.45) is 16.9 Å². The molecule has 11 heavy (non-hydrogen) atoms. The zero-order chi connectivity index (χ0) is 7.94. The summed E-state index contributed by atoms with van der Waals surface area (Å²) in [7, 11) is 0. The molecule has 2 heteroatoms. The number of hydrazone groups is 1. The van der Waals surface area contributed by atoms with Crippen molar-refractivity contribution < 1.29 is 0 Å². The summed E-state index contributed by atoms with van der Waals surface area (Å²) in [4.78, 5) is 0. The van der Waals surface area contributed by atoms with Crippen molar-refractivity contribution >= 4 is 6.21 Å². The highest BCUT2D eigenvalue weighted by Gasteiger charge is 2.11. The molecule has 0 unspecified atom stereocenters. The van der Waals surface area contributed by atoms with Crippen molar-refractivity contribution in [1.29, 1.82) is 0 Å². The van der Waals surface area contributed by atoms with Crippen LogP contribution in [-0.2, 0) is 0 Å². The van der Waals surface area contributed by atoms with E-state index in [1.807, 2.05) is 6.21 Å². The molecular weight excluding hydrogens is 136 g/mol. The summed E-state index contributed by atoms with van der Waals surface area (Å²) in [6, 6.07) is 0. The number of rotatable bonds is 3. The zero-order valence-corrected chi connectivity index (χ0v) is 7.13. The average Bonchev–Trinajstić information content (AvgIpc) is 2.07. The first-order valence-electron chi connectivity index (χ1n) is 4.65. The van der Waals surface area contributed by atoms with Gasteiger partial charge in [-0.25, -0.2) is 0 Å². The molecule has 1 saturated carbocycles. The molecule has 0 spiro atoms. The van der Waals surface area contributed by atoms with E-state index in [-0.39, 0.29) is 0 Å². The minimum absolute atomic E-state index is 0.960. The van der Waals surface area contributed by atoms with Crippen LogP contribution in [0.1, 0.15) is 44.9 Å². The van der Waals surface area contributed by atoms with Gasteiger partial charge in [0.1, 0.15) is 0 Å². The van der Waals surface area contributed by atoms with Crippen LogP contribution >= 0.6 is 0 Å². The Bertz CT molecular complexity index is 115. The summed E-state index contributed by atoms with van der Waals surface area (Å²) < 4.78 is 0. The van der Waals surface area contributed by atoms with Crippen LogP contribution in [0.4, 0.5) is 0 Å². The quantitative estimate of drug-likeness (QED) is 0.378. The van der Waals surface area contributed by atoms with E-state index in [9.17, 15) is 0 Å². The molecule has 0 atom stereocenters. The third-order valence-electron chi connectivity index (χ3n) is 2.53. The van der Waals surface area contributed by atoms with Gasteiger partial charge in [0.15, 0.2) is 0 Å². The molecule has 0 aliphatic heterocycles. The second-order valence-corrected chi connectivity index (χ2v) is 3.41. The molecule has 1 aliphatic rings. The Kier molecular flexibility index (Phi) is 4.02. The number of hydrogen-bond acceptors (Lipinski definition) is 2. The van der Waals surface area contributed by atoms with E-state index in [1.165, 1.54) is 38.5 Å². The minimum Gasteiger partial charge on any atom is -0.324 e. The van der Waals surface area contributed by atoms with Crippen molar-refractivity contribution in [2.45, 2.75) is 44.9 Å². The maximum Gasteiger partial charge on any atom is 0.0240 e.